The number of nitrogen functional groups attached to an aromatic ring is 1. The fraction of sp³-hybridized carbons (Fsp3) is 0. The zero-order valence-electron chi connectivity index (χ0n) is 5.13. The van der Waals surface area contributed by atoms with Crippen molar-refractivity contribution in [2.24, 2.45) is 5.84 Å². The number of anilines is 1. The molecule has 0 aromatic heterocycles. The maximum atomic E-state index is 12.4. The highest BCUT2D eigenvalue weighted by molar-refractivity contribution is 7.80. The van der Waals surface area contributed by atoms with Crippen molar-refractivity contribution < 1.29 is 4.39 Å². The van der Waals surface area contributed by atoms with E-state index in [1.807, 2.05) is 0 Å². The Kier molecular flexibility index (Phi) is 2.13. The summed E-state index contributed by atoms with van der Waals surface area (Å²) in [5.74, 6) is 4.73. The molecule has 1 aromatic rings. The Balaban J connectivity index is 3.09. The number of halogens is 1. The molecule has 0 saturated heterocycles. The predicted molar refractivity (Wildman–Crippen MR) is 41.5 cm³/mol. The van der Waals surface area contributed by atoms with Crippen LogP contribution in [0.15, 0.2) is 23.1 Å². The topological polar surface area (TPSA) is 38.0 Å². The van der Waals surface area contributed by atoms with Gasteiger partial charge in [0.15, 0.2) is 0 Å². The number of hydrogen-bond donors (Lipinski definition) is 3. The summed E-state index contributed by atoms with van der Waals surface area (Å²) >= 11 is 4.02. The number of hydrazine groups is 1. The van der Waals surface area contributed by atoms with Gasteiger partial charge in [-0.05, 0) is 18.2 Å². The Labute approximate surface area is 63.6 Å². The molecule has 0 aliphatic carbocycles. The second-order valence-electron chi connectivity index (χ2n) is 1.81. The lowest BCUT2D eigenvalue weighted by Crippen LogP contribution is -2.07. The second-order valence-corrected chi connectivity index (χ2v) is 2.29. The molecule has 54 valence electrons. The average molecular weight is 158 g/mol. The first-order valence-corrected chi connectivity index (χ1v) is 3.14. The second kappa shape index (κ2) is 2.90. The van der Waals surface area contributed by atoms with Crippen molar-refractivity contribution in [1.29, 1.82) is 0 Å². The molecule has 10 heavy (non-hydrogen) atoms. The molecule has 0 radical (unpaired) electrons. The van der Waals surface area contributed by atoms with Crippen LogP contribution in [0, 0.1) is 5.82 Å². The fourth-order valence-electron chi connectivity index (χ4n) is 0.624. The van der Waals surface area contributed by atoms with Crippen molar-refractivity contribution in [2.45, 2.75) is 4.90 Å². The van der Waals surface area contributed by atoms with Crippen LogP contribution in [-0.2, 0) is 0 Å². The first-order valence-electron chi connectivity index (χ1n) is 2.69. The highest BCUT2D eigenvalue weighted by Gasteiger charge is 1.96. The molecule has 1 aromatic carbocycles. The van der Waals surface area contributed by atoms with Crippen molar-refractivity contribution in [3.8, 4) is 0 Å². The van der Waals surface area contributed by atoms with Crippen LogP contribution in [0.25, 0.3) is 0 Å². The maximum Gasteiger partial charge on any atom is 0.125 e. The molecule has 0 saturated carbocycles. The minimum Gasteiger partial charge on any atom is -0.323 e. The zero-order chi connectivity index (χ0) is 7.56. The van der Waals surface area contributed by atoms with E-state index in [-0.39, 0.29) is 5.82 Å². The number of thiol groups is 1. The quantitative estimate of drug-likeness (QED) is 0.328. The fourth-order valence-corrected chi connectivity index (χ4v) is 0.828. The van der Waals surface area contributed by atoms with Gasteiger partial charge in [0.25, 0.3) is 0 Å². The number of benzene rings is 1. The van der Waals surface area contributed by atoms with Gasteiger partial charge in [-0.15, -0.1) is 12.6 Å². The van der Waals surface area contributed by atoms with Gasteiger partial charge in [0.1, 0.15) is 5.82 Å². The third-order valence-corrected chi connectivity index (χ3v) is 1.50. The minimum atomic E-state index is -0.328. The Hall–Kier alpha value is -0.740. The van der Waals surface area contributed by atoms with E-state index in [9.17, 15) is 4.39 Å². The van der Waals surface area contributed by atoms with E-state index >= 15 is 0 Å². The summed E-state index contributed by atoms with van der Waals surface area (Å²) in [5.41, 5.74) is 2.81. The van der Waals surface area contributed by atoms with E-state index in [0.29, 0.717) is 10.6 Å². The van der Waals surface area contributed by atoms with E-state index in [1.165, 1.54) is 18.2 Å². The van der Waals surface area contributed by atoms with Gasteiger partial charge in [0.05, 0.1) is 5.69 Å². The van der Waals surface area contributed by atoms with E-state index in [0.717, 1.165) is 0 Å². The lowest BCUT2D eigenvalue weighted by molar-refractivity contribution is 0.627. The molecule has 0 atom stereocenters. The first-order chi connectivity index (χ1) is 4.74. The molecule has 2 nitrogen and oxygen atoms in total. The smallest absolute Gasteiger partial charge is 0.125 e. The average Bonchev–Trinajstić information content (AvgIpc) is 1.94. The molecule has 0 spiro atoms. The highest BCUT2D eigenvalue weighted by Crippen LogP contribution is 2.18. The molecule has 0 bridgehead atoms. The lowest BCUT2D eigenvalue weighted by Gasteiger charge is -2.01. The summed E-state index contributed by atoms with van der Waals surface area (Å²) < 4.78 is 12.4. The van der Waals surface area contributed by atoms with Gasteiger partial charge in [0.2, 0.25) is 0 Å². The normalized spacial score (nSPS) is 9.50. The van der Waals surface area contributed by atoms with E-state index < -0.39 is 0 Å². The Morgan fingerprint density at radius 3 is 2.70 bits per heavy atom. The van der Waals surface area contributed by atoms with Gasteiger partial charge in [-0.25, -0.2) is 4.39 Å². The Morgan fingerprint density at radius 2 is 2.20 bits per heavy atom. The van der Waals surface area contributed by atoms with Crippen molar-refractivity contribution in [3.05, 3.63) is 24.0 Å². The van der Waals surface area contributed by atoms with Crippen LogP contribution < -0.4 is 11.3 Å². The summed E-state index contributed by atoms with van der Waals surface area (Å²) in [7, 11) is 0. The third-order valence-electron chi connectivity index (χ3n) is 1.11. The Bertz CT molecular complexity index is 239. The SMILES string of the molecule is NNc1cc(F)ccc1S. The molecule has 0 amide bonds. The van der Waals surface area contributed by atoms with Crippen LogP contribution in [0.5, 0.6) is 0 Å². The van der Waals surface area contributed by atoms with E-state index in [4.69, 9.17) is 5.84 Å². The van der Waals surface area contributed by atoms with Crippen LogP contribution in [0.1, 0.15) is 0 Å². The largest absolute Gasteiger partial charge is 0.323 e. The summed E-state index contributed by atoms with van der Waals surface area (Å²) in [5, 5.41) is 0. The summed E-state index contributed by atoms with van der Waals surface area (Å²) in [6.07, 6.45) is 0. The van der Waals surface area contributed by atoms with Gasteiger partial charge in [0, 0.05) is 4.90 Å². The van der Waals surface area contributed by atoms with Crippen LogP contribution in [0.2, 0.25) is 0 Å². The zero-order valence-corrected chi connectivity index (χ0v) is 6.03. The predicted octanol–water partition coefficient (Wildman–Crippen LogP) is 1.40. The van der Waals surface area contributed by atoms with E-state index in [2.05, 4.69) is 18.1 Å². The van der Waals surface area contributed by atoms with Gasteiger partial charge in [-0.2, -0.15) is 0 Å². The van der Waals surface area contributed by atoms with Gasteiger partial charge >= 0.3 is 0 Å². The van der Waals surface area contributed by atoms with E-state index in [1.54, 1.807) is 0 Å². The molecule has 0 unspecified atom stereocenters. The Morgan fingerprint density at radius 1 is 1.50 bits per heavy atom. The first kappa shape index (κ1) is 7.37. The number of nitrogens with two attached hydrogens (primary N) is 1. The number of nitrogens with one attached hydrogen (secondary N) is 1. The van der Waals surface area contributed by atoms with Gasteiger partial charge in [-0.1, -0.05) is 0 Å². The lowest BCUT2D eigenvalue weighted by atomic mass is 10.3. The third kappa shape index (κ3) is 1.40. The van der Waals surface area contributed by atoms with Crippen molar-refractivity contribution >= 4 is 18.3 Å². The molecule has 0 fully saturated rings. The number of rotatable bonds is 1. The summed E-state index contributed by atoms with van der Waals surface area (Å²) in [4.78, 5) is 0.629. The molecular weight excluding hydrogens is 151 g/mol. The van der Waals surface area contributed by atoms with Crippen LogP contribution >= 0.6 is 12.6 Å². The van der Waals surface area contributed by atoms with Crippen LogP contribution in [0.4, 0.5) is 10.1 Å². The molecular formula is C6H7FN2S. The standard InChI is InChI=1S/C6H7FN2S/c7-4-1-2-6(10)5(3-4)9-8/h1-3,9-10H,8H2. The van der Waals surface area contributed by atoms with Gasteiger partial charge in [-0.3, -0.25) is 5.84 Å². The van der Waals surface area contributed by atoms with Crippen molar-refractivity contribution in [2.75, 3.05) is 5.43 Å². The number of hydrogen-bond acceptors (Lipinski definition) is 3. The highest BCUT2D eigenvalue weighted by atomic mass is 32.1. The van der Waals surface area contributed by atoms with Crippen LogP contribution in [0.3, 0.4) is 0 Å². The summed E-state index contributed by atoms with van der Waals surface area (Å²) in [6, 6.07) is 4.14. The molecule has 0 aliphatic rings. The molecule has 4 heteroatoms. The van der Waals surface area contributed by atoms with Crippen molar-refractivity contribution in [3.63, 3.8) is 0 Å². The van der Waals surface area contributed by atoms with Gasteiger partial charge < -0.3 is 5.43 Å². The maximum absolute atomic E-state index is 12.4. The summed E-state index contributed by atoms with van der Waals surface area (Å²) in [6.45, 7) is 0. The minimum absolute atomic E-state index is 0.328. The molecule has 0 aliphatic heterocycles. The monoisotopic (exact) mass is 158 g/mol. The molecule has 1 rings (SSSR count). The molecule has 3 N–H and O–H groups in total. The molecule has 0 heterocycles. The van der Waals surface area contributed by atoms with Crippen molar-refractivity contribution in [1.82, 2.24) is 0 Å². The van der Waals surface area contributed by atoms with Crippen LogP contribution in [-0.4, -0.2) is 0 Å².